The topological polar surface area (TPSA) is 100 Å². The minimum atomic E-state index is -0.555. The molecule has 0 saturated heterocycles. The van der Waals surface area contributed by atoms with E-state index in [0.717, 1.165) is 16.5 Å². The molecule has 3 rings (SSSR count). The van der Waals surface area contributed by atoms with Crippen LogP contribution in [0.25, 0.3) is 10.9 Å². The van der Waals surface area contributed by atoms with E-state index in [1.54, 1.807) is 6.20 Å². The average Bonchev–Trinajstić information content (AvgIpc) is 2.99. The molecule has 0 saturated carbocycles. The van der Waals surface area contributed by atoms with Crippen LogP contribution < -0.4 is 5.43 Å². The van der Waals surface area contributed by atoms with Gasteiger partial charge in [0.1, 0.15) is 0 Å². The Morgan fingerprint density at radius 3 is 2.92 bits per heavy atom. The molecule has 7 nitrogen and oxygen atoms in total. The molecular formula is C17H13ClN4O3. The van der Waals surface area contributed by atoms with Crippen LogP contribution in [-0.4, -0.2) is 22.0 Å². The highest BCUT2D eigenvalue weighted by Gasteiger charge is 2.13. The van der Waals surface area contributed by atoms with Gasteiger partial charge in [-0.1, -0.05) is 29.8 Å². The summed E-state index contributed by atoms with van der Waals surface area (Å²) in [6, 6.07) is 11.9. The van der Waals surface area contributed by atoms with Gasteiger partial charge in [0.25, 0.3) is 5.69 Å². The van der Waals surface area contributed by atoms with Crippen molar-refractivity contribution in [3.8, 4) is 0 Å². The maximum absolute atomic E-state index is 12.0. The number of H-pyrrole nitrogens is 1. The summed E-state index contributed by atoms with van der Waals surface area (Å²) in [6.07, 6.45) is 3.14. The van der Waals surface area contributed by atoms with Crippen molar-refractivity contribution in [2.45, 2.75) is 6.42 Å². The molecule has 0 fully saturated rings. The van der Waals surface area contributed by atoms with Crippen LogP contribution >= 0.6 is 11.6 Å². The number of fused-ring (bicyclic) bond motifs is 1. The summed E-state index contributed by atoms with van der Waals surface area (Å²) in [6.45, 7) is 0. The molecule has 1 heterocycles. The summed E-state index contributed by atoms with van der Waals surface area (Å²) in [5.41, 5.74) is 4.25. The Labute approximate surface area is 147 Å². The second-order valence-electron chi connectivity index (χ2n) is 5.29. The third-order valence-electron chi connectivity index (χ3n) is 3.61. The van der Waals surface area contributed by atoms with Gasteiger partial charge in [-0.3, -0.25) is 14.9 Å². The number of nitrogens with zero attached hydrogens (tertiary/aromatic N) is 2. The zero-order valence-corrected chi connectivity index (χ0v) is 13.7. The van der Waals surface area contributed by atoms with E-state index in [9.17, 15) is 14.9 Å². The number of nitro benzene ring substituents is 1. The fourth-order valence-corrected chi connectivity index (χ4v) is 2.61. The van der Waals surface area contributed by atoms with Gasteiger partial charge in [-0.15, -0.1) is 0 Å². The summed E-state index contributed by atoms with van der Waals surface area (Å²) in [5, 5.41) is 16.0. The smallest absolute Gasteiger partial charge is 0.279 e. The monoisotopic (exact) mass is 356 g/mol. The van der Waals surface area contributed by atoms with Crippen molar-refractivity contribution in [3.63, 3.8) is 0 Å². The highest BCUT2D eigenvalue weighted by Crippen LogP contribution is 2.21. The number of para-hydroxylation sites is 1. The van der Waals surface area contributed by atoms with E-state index in [-0.39, 0.29) is 28.6 Å². The Morgan fingerprint density at radius 2 is 2.12 bits per heavy atom. The molecule has 0 aliphatic carbocycles. The molecule has 3 aromatic rings. The van der Waals surface area contributed by atoms with Crippen LogP contribution in [0.3, 0.4) is 0 Å². The molecule has 0 radical (unpaired) electrons. The van der Waals surface area contributed by atoms with Crippen molar-refractivity contribution in [2.24, 2.45) is 5.10 Å². The fourth-order valence-electron chi connectivity index (χ4n) is 2.45. The van der Waals surface area contributed by atoms with Gasteiger partial charge in [-0.2, -0.15) is 5.10 Å². The lowest BCUT2D eigenvalue weighted by atomic mass is 10.1. The highest BCUT2D eigenvalue weighted by molar-refractivity contribution is 6.30. The molecular weight excluding hydrogens is 344 g/mol. The Kier molecular flexibility index (Phi) is 4.76. The minimum Gasteiger partial charge on any atom is -0.361 e. The molecule has 8 heteroatoms. The third kappa shape index (κ3) is 3.84. The van der Waals surface area contributed by atoms with Gasteiger partial charge in [0.15, 0.2) is 0 Å². The van der Waals surface area contributed by atoms with E-state index < -0.39 is 4.92 Å². The molecule has 1 aromatic heterocycles. The van der Waals surface area contributed by atoms with E-state index >= 15 is 0 Å². The molecule has 2 N–H and O–H groups in total. The van der Waals surface area contributed by atoms with Gasteiger partial charge in [0.2, 0.25) is 5.91 Å². The summed E-state index contributed by atoms with van der Waals surface area (Å²) in [4.78, 5) is 25.6. The van der Waals surface area contributed by atoms with Crippen LogP contribution in [0.5, 0.6) is 0 Å². The normalized spacial score (nSPS) is 11.1. The van der Waals surface area contributed by atoms with Gasteiger partial charge in [0, 0.05) is 28.2 Å². The Balaban J connectivity index is 1.68. The Hall–Kier alpha value is -3.19. The summed E-state index contributed by atoms with van der Waals surface area (Å²) >= 11 is 5.75. The lowest BCUT2D eigenvalue weighted by Gasteiger charge is -2.00. The zero-order valence-electron chi connectivity index (χ0n) is 12.9. The van der Waals surface area contributed by atoms with Crippen LogP contribution in [-0.2, 0) is 11.2 Å². The first-order chi connectivity index (χ1) is 12.0. The SMILES string of the molecule is O=C(Cc1c[nH]c2ccccc12)NN=Cc1ccc(Cl)cc1[N+](=O)[O-]. The van der Waals surface area contributed by atoms with Crippen LogP contribution in [0, 0.1) is 10.1 Å². The minimum absolute atomic E-state index is 0.143. The molecule has 0 aliphatic rings. The number of nitrogens with one attached hydrogen (secondary N) is 2. The molecule has 2 aromatic carbocycles. The molecule has 0 spiro atoms. The van der Waals surface area contributed by atoms with Crippen molar-refractivity contribution < 1.29 is 9.72 Å². The van der Waals surface area contributed by atoms with Gasteiger partial charge in [-0.05, 0) is 23.8 Å². The second kappa shape index (κ2) is 7.14. The Bertz CT molecular complexity index is 981. The van der Waals surface area contributed by atoms with Crippen LogP contribution in [0.1, 0.15) is 11.1 Å². The predicted octanol–water partition coefficient (Wildman–Crippen LogP) is 3.42. The van der Waals surface area contributed by atoms with E-state index in [2.05, 4.69) is 15.5 Å². The number of carbonyl (C=O) groups is 1. The van der Waals surface area contributed by atoms with Crippen molar-refractivity contribution in [2.75, 3.05) is 0 Å². The number of amides is 1. The maximum atomic E-state index is 12.0. The summed E-state index contributed by atoms with van der Waals surface area (Å²) < 4.78 is 0. The first kappa shape index (κ1) is 16.7. The number of nitro groups is 1. The largest absolute Gasteiger partial charge is 0.361 e. The first-order valence-electron chi connectivity index (χ1n) is 7.35. The van der Waals surface area contributed by atoms with E-state index in [4.69, 9.17) is 11.6 Å². The van der Waals surface area contributed by atoms with Crippen LogP contribution in [0.15, 0.2) is 53.8 Å². The number of benzene rings is 2. The molecule has 126 valence electrons. The zero-order chi connectivity index (χ0) is 17.8. The third-order valence-corrected chi connectivity index (χ3v) is 3.84. The van der Waals surface area contributed by atoms with Crippen molar-refractivity contribution >= 4 is 40.3 Å². The number of rotatable bonds is 5. The van der Waals surface area contributed by atoms with E-state index in [0.29, 0.717) is 0 Å². The predicted molar refractivity (Wildman–Crippen MR) is 95.8 cm³/mol. The fraction of sp³-hybridized carbons (Fsp3) is 0.0588. The lowest BCUT2D eigenvalue weighted by Crippen LogP contribution is -2.19. The number of carbonyl (C=O) groups excluding carboxylic acids is 1. The van der Waals surface area contributed by atoms with Gasteiger partial charge in [-0.25, -0.2) is 5.43 Å². The number of hydrogen-bond acceptors (Lipinski definition) is 4. The highest BCUT2D eigenvalue weighted by atomic mass is 35.5. The Morgan fingerprint density at radius 1 is 1.32 bits per heavy atom. The average molecular weight is 357 g/mol. The van der Waals surface area contributed by atoms with Crippen molar-refractivity contribution in [3.05, 3.63) is 74.9 Å². The molecule has 25 heavy (non-hydrogen) atoms. The number of aromatic nitrogens is 1. The summed E-state index contributed by atoms with van der Waals surface area (Å²) in [7, 11) is 0. The second-order valence-corrected chi connectivity index (χ2v) is 5.73. The number of aromatic amines is 1. The lowest BCUT2D eigenvalue weighted by molar-refractivity contribution is -0.385. The van der Waals surface area contributed by atoms with Gasteiger partial charge < -0.3 is 4.98 Å². The number of halogens is 1. The number of hydrogen-bond donors (Lipinski definition) is 2. The molecule has 1 amide bonds. The molecule has 0 unspecified atom stereocenters. The number of hydrazone groups is 1. The van der Waals surface area contributed by atoms with Gasteiger partial charge in [0.05, 0.1) is 23.1 Å². The maximum Gasteiger partial charge on any atom is 0.279 e. The van der Waals surface area contributed by atoms with Crippen LogP contribution in [0.4, 0.5) is 5.69 Å². The van der Waals surface area contributed by atoms with Gasteiger partial charge >= 0.3 is 0 Å². The standard InChI is InChI=1S/C17H13ClN4O3/c18-13-6-5-11(16(8-13)22(24)25)10-20-21-17(23)7-12-9-19-15-4-2-1-3-14(12)15/h1-6,8-10,19H,7H2,(H,21,23). The first-order valence-corrected chi connectivity index (χ1v) is 7.73. The van der Waals surface area contributed by atoms with Crippen molar-refractivity contribution in [1.82, 2.24) is 10.4 Å². The molecule has 0 bridgehead atoms. The van der Waals surface area contributed by atoms with Crippen molar-refractivity contribution in [1.29, 1.82) is 0 Å². The summed E-state index contributed by atoms with van der Waals surface area (Å²) in [5.74, 6) is -0.322. The van der Waals surface area contributed by atoms with Crippen LogP contribution in [0.2, 0.25) is 5.02 Å². The quantitative estimate of drug-likeness (QED) is 0.416. The van der Waals surface area contributed by atoms with E-state index in [1.165, 1.54) is 24.4 Å². The molecule has 0 aliphatic heterocycles. The molecule has 0 atom stereocenters. The van der Waals surface area contributed by atoms with E-state index in [1.807, 2.05) is 24.3 Å².